The molecule has 1 rings (SSSR count). The van der Waals surface area contributed by atoms with E-state index in [-0.39, 0.29) is 0 Å². The van der Waals surface area contributed by atoms with Crippen LogP contribution in [0, 0.1) is 11.8 Å². The molecule has 2 unspecified atom stereocenters. The van der Waals surface area contributed by atoms with E-state index in [9.17, 15) is 0 Å². The van der Waals surface area contributed by atoms with Crippen LogP contribution in [0.4, 0.5) is 0 Å². The van der Waals surface area contributed by atoms with Gasteiger partial charge in [0.2, 0.25) is 0 Å². The van der Waals surface area contributed by atoms with Crippen LogP contribution in [0.2, 0.25) is 0 Å². The van der Waals surface area contributed by atoms with Crippen LogP contribution in [-0.2, 0) is 0 Å². The Morgan fingerprint density at radius 2 is 1.07 bits per heavy atom. The maximum atomic E-state index is 4.50. The summed E-state index contributed by atoms with van der Waals surface area (Å²) in [4.78, 5) is 0. The highest BCUT2D eigenvalue weighted by Gasteiger charge is 2.13. The van der Waals surface area contributed by atoms with Gasteiger partial charge in [-0.05, 0) is 25.3 Å². The van der Waals surface area contributed by atoms with Crippen molar-refractivity contribution in [2.75, 3.05) is 7.05 Å². The summed E-state index contributed by atoms with van der Waals surface area (Å²) in [6.07, 6.45) is 5.90. The second-order valence-corrected chi connectivity index (χ2v) is 3.38. The van der Waals surface area contributed by atoms with E-state index in [1.54, 1.807) is 0 Å². The first-order chi connectivity index (χ1) is 6.79. The fourth-order valence-corrected chi connectivity index (χ4v) is 1.74. The summed E-state index contributed by atoms with van der Waals surface area (Å²) in [7, 11) is 1.50. The van der Waals surface area contributed by atoms with Crippen molar-refractivity contribution in [2.45, 2.75) is 67.2 Å². The van der Waals surface area contributed by atoms with Gasteiger partial charge in [0, 0.05) is 0 Å². The SMILES string of the molecule is CC.CC.CC1CCCC(C)C1.CN. The van der Waals surface area contributed by atoms with Crippen molar-refractivity contribution in [3.63, 3.8) is 0 Å². The smallest absolute Gasteiger partial charge is 0.0195 e. The first-order valence-electron chi connectivity index (χ1n) is 6.37. The number of hydrogen-bond acceptors (Lipinski definition) is 1. The fraction of sp³-hybridized carbons (Fsp3) is 1.00. The Morgan fingerprint density at radius 1 is 0.786 bits per heavy atom. The molecule has 0 heterocycles. The first kappa shape index (κ1) is 19.5. The Morgan fingerprint density at radius 3 is 1.21 bits per heavy atom. The molecule has 0 radical (unpaired) electrons. The number of hydrogen-bond donors (Lipinski definition) is 1. The Hall–Kier alpha value is -0.0400. The minimum Gasteiger partial charge on any atom is -0.333 e. The molecule has 1 fully saturated rings. The molecule has 0 aromatic carbocycles. The summed E-state index contributed by atoms with van der Waals surface area (Å²) in [5.74, 6) is 2.03. The second kappa shape index (κ2) is 18.7. The molecule has 1 aliphatic carbocycles. The number of rotatable bonds is 0. The van der Waals surface area contributed by atoms with Crippen molar-refractivity contribution in [3.8, 4) is 0 Å². The molecule has 90 valence electrons. The van der Waals surface area contributed by atoms with Crippen LogP contribution in [-0.4, -0.2) is 7.05 Å². The molecule has 0 saturated heterocycles. The van der Waals surface area contributed by atoms with Gasteiger partial charge in [-0.15, -0.1) is 0 Å². The summed E-state index contributed by atoms with van der Waals surface area (Å²) in [6, 6.07) is 0. The Kier molecular flexibility index (Phi) is 26.1. The summed E-state index contributed by atoms with van der Waals surface area (Å²) in [6.45, 7) is 12.7. The molecule has 0 amide bonds. The minimum absolute atomic E-state index is 1.01. The van der Waals surface area contributed by atoms with Crippen molar-refractivity contribution < 1.29 is 0 Å². The molecule has 2 N–H and O–H groups in total. The first-order valence-corrected chi connectivity index (χ1v) is 6.37. The predicted molar refractivity (Wildman–Crippen MR) is 69.6 cm³/mol. The predicted octanol–water partition coefficient (Wildman–Crippen LogP) is 4.46. The lowest BCUT2D eigenvalue weighted by molar-refractivity contribution is 0.301. The van der Waals surface area contributed by atoms with E-state index < -0.39 is 0 Å². The summed E-state index contributed by atoms with van der Waals surface area (Å²) in [5.41, 5.74) is 4.50. The van der Waals surface area contributed by atoms with E-state index in [1.807, 2.05) is 27.7 Å². The van der Waals surface area contributed by atoms with Gasteiger partial charge < -0.3 is 5.73 Å². The van der Waals surface area contributed by atoms with E-state index in [0.717, 1.165) is 11.8 Å². The van der Waals surface area contributed by atoms with Crippen LogP contribution in [0.3, 0.4) is 0 Å². The molecular formula is C13H33N. The van der Waals surface area contributed by atoms with Gasteiger partial charge in [-0.2, -0.15) is 0 Å². The molecule has 0 aliphatic heterocycles. The Labute approximate surface area is 92.5 Å². The molecule has 14 heavy (non-hydrogen) atoms. The fourth-order valence-electron chi connectivity index (χ4n) is 1.74. The quantitative estimate of drug-likeness (QED) is 0.618. The normalized spacial score (nSPS) is 24.0. The second-order valence-electron chi connectivity index (χ2n) is 3.38. The third kappa shape index (κ3) is 14.5. The van der Waals surface area contributed by atoms with Gasteiger partial charge in [0.25, 0.3) is 0 Å². The standard InChI is InChI=1S/C8H16.2C2H6.CH5N/c1-7-4-3-5-8(2)6-7;3*1-2/h7-8H,3-6H2,1-2H3;2*1-2H3;2H2,1H3. The van der Waals surface area contributed by atoms with Crippen LogP contribution >= 0.6 is 0 Å². The molecule has 1 saturated carbocycles. The van der Waals surface area contributed by atoms with Gasteiger partial charge in [-0.1, -0.05) is 60.8 Å². The van der Waals surface area contributed by atoms with Crippen LogP contribution in [0.15, 0.2) is 0 Å². The highest BCUT2D eigenvalue weighted by molar-refractivity contribution is 4.66. The van der Waals surface area contributed by atoms with Crippen molar-refractivity contribution >= 4 is 0 Å². The maximum absolute atomic E-state index is 4.50. The zero-order valence-electron chi connectivity index (χ0n) is 11.6. The highest BCUT2D eigenvalue weighted by atomic mass is 14.4. The maximum Gasteiger partial charge on any atom is -0.0195 e. The molecule has 0 aromatic rings. The van der Waals surface area contributed by atoms with Crippen molar-refractivity contribution in [3.05, 3.63) is 0 Å². The zero-order valence-corrected chi connectivity index (χ0v) is 11.6. The lowest BCUT2D eigenvalue weighted by Gasteiger charge is -2.22. The van der Waals surface area contributed by atoms with Crippen molar-refractivity contribution in [2.24, 2.45) is 17.6 Å². The lowest BCUT2D eigenvalue weighted by Crippen LogP contribution is -2.09. The van der Waals surface area contributed by atoms with Crippen LogP contribution in [0.5, 0.6) is 0 Å². The third-order valence-electron chi connectivity index (χ3n) is 2.20. The van der Waals surface area contributed by atoms with Gasteiger partial charge in [-0.3, -0.25) is 0 Å². The summed E-state index contributed by atoms with van der Waals surface area (Å²) >= 11 is 0. The molecule has 1 heteroatoms. The van der Waals surface area contributed by atoms with E-state index in [4.69, 9.17) is 0 Å². The highest BCUT2D eigenvalue weighted by Crippen LogP contribution is 2.27. The van der Waals surface area contributed by atoms with E-state index in [0.29, 0.717) is 0 Å². The average molecular weight is 203 g/mol. The topological polar surface area (TPSA) is 26.0 Å². The van der Waals surface area contributed by atoms with E-state index >= 15 is 0 Å². The van der Waals surface area contributed by atoms with Crippen LogP contribution < -0.4 is 5.73 Å². The van der Waals surface area contributed by atoms with Crippen molar-refractivity contribution in [1.82, 2.24) is 0 Å². The molecule has 1 nitrogen and oxygen atoms in total. The van der Waals surface area contributed by atoms with Gasteiger partial charge in [0.1, 0.15) is 0 Å². The van der Waals surface area contributed by atoms with Crippen LogP contribution in [0.25, 0.3) is 0 Å². The van der Waals surface area contributed by atoms with Gasteiger partial charge in [0.05, 0.1) is 0 Å². The molecule has 0 bridgehead atoms. The summed E-state index contributed by atoms with van der Waals surface area (Å²) < 4.78 is 0. The van der Waals surface area contributed by atoms with E-state index in [2.05, 4.69) is 19.6 Å². The van der Waals surface area contributed by atoms with Gasteiger partial charge in [0.15, 0.2) is 0 Å². The van der Waals surface area contributed by atoms with Gasteiger partial charge >= 0.3 is 0 Å². The van der Waals surface area contributed by atoms with Gasteiger partial charge in [-0.25, -0.2) is 0 Å². The van der Waals surface area contributed by atoms with Crippen molar-refractivity contribution in [1.29, 1.82) is 0 Å². The Bertz CT molecular complexity index is 63.6. The lowest BCUT2D eigenvalue weighted by atomic mass is 9.84. The average Bonchev–Trinajstić information content (AvgIpc) is 2.26. The largest absolute Gasteiger partial charge is 0.333 e. The number of nitrogens with two attached hydrogens (primary N) is 1. The molecule has 0 aromatic heterocycles. The van der Waals surface area contributed by atoms with E-state index in [1.165, 1.54) is 32.7 Å². The molecular weight excluding hydrogens is 170 g/mol. The third-order valence-corrected chi connectivity index (χ3v) is 2.20. The monoisotopic (exact) mass is 203 g/mol. The van der Waals surface area contributed by atoms with Crippen LogP contribution in [0.1, 0.15) is 67.2 Å². The zero-order chi connectivity index (χ0) is 12.0. The molecule has 0 spiro atoms. The summed E-state index contributed by atoms with van der Waals surface area (Å²) in [5, 5.41) is 0. The molecule has 1 aliphatic rings. The molecule has 2 atom stereocenters. The Balaban J connectivity index is -0.000000174. The minimum atomic E-state index is 1.01.